The Hall–Kier alpha value is -2.22. The topological polar surface area (TPSA) is 79.5 Å². The van der Waals surface area contributed by atoms with Gasteiger partial charge >= 0.3 is 0 Å². The second-order valence-electron chi connectivity index (χ2n) is 7.96. The molecule has 2 aromatic rings. The Kier molecular flexibility index (Phi) is 6.59. The summed E-state index contributed by atoms with van der Waals surface area (Å²) in [4.78, 5) is 34.1. The van der Waals surface area contributed by atoms with Gasteiger partial charge < -0.3 is 14.3 Å². The van der Waals surface area contributed by atoms with Crippen LogP contribution in [0.5, 0.6) is 0 Å². The zero-order chi connectivity index (χ0) is 20.1. The van der Waals surface area contributed by atoms with Gasteiger partial charge in [-0.15, -0.1) is 11.3 Å². The highest BCUT2D eigenvalue weighted by atomic mass is 32.1. The summed E-state index contributed by atoms with van der Waals surface area (Å²) in [7, 11) is 0. The average Bonchev–Trinajstić information content (AvgIpc) is 3.50. The van der Waals surface area contributed by atoms with Gasteiger partial charge in [0.15, 0.2) is 0 Å². The first-order chi connectivity index (χ1) is 14.2. The molecule has 156 valence electrons. The van der Waals surface area contributed by atoms with Crippen LogP contribution >= 0.6 is 11.3 Å². The molecule has 0 unspecified atom stereocenters. The van der Waals surface area contributed by atoms with Gasteiger partial charge in [0.25, 0.3) is 0 Å². The molecule has 1 saturated heterocycles. The molecule has 2 aliphatic rings. The fraction of sp³-hybridized carbons (Fsp3) is 0.619. The standard InChI is InChI=1S/C21H28N4O3S/c26-19(9-3-8-18-22-21(23-28-18)17-7-4-14-29-17)24-10-12-25(13-11-24)20(27)15-16-5-1-2-6-16/h4,7,14,16H,1-3,5-6,8-13,15H2. The summed E-state index contributed by atoms with van der Waals surface area (Å²) in [6.07, 6.45) is 7.35. The average molecular weight is 417 g/mol. The third-order valence-electron chi connectivity index (χ3n) is 5.91. The van der Waals surface area contributed by atoms with Crippen LogP contribution < -0.4 is 0 Å². The lowest BCUT2D eigenvalue weighted by molar-refractivity contribution is -0.140. The van der Waals surface area contributed by atoms with Crippen molar-refractivity contribution in [3.8, 4) is 10.7 Å². The molecule has 7 nitrogen and oxygen atoms in total. The summed E-state index contributed by atoms with van der Waals surface area (Å²) >= 11 is 1.57. The van der Waals surface area contributed by atoms with Gasteiger partial charge in [0, 0.05) is 45.4 Å². The summed E-state index contributed by atoms with van der Waals surface area (Å²) in [5, 5.41) is 5.98. The van der Waals surface area contributed by atoms with E-state index in [4.69, 9.17) is 4.52 Å². The molecule has 0 radical (unpaired) electrons. The predicted octanol–water partition coefficient (Wildman–Crippen LogP) is 3.37. The lowest BCUT2D eigenvalue weighted by atomic mass is 10.0. The van der Waals surface area contributed by atoms with Crippen molar-refractivity contribution >= 4 is 23.2 Å². The molecule has 29 heavy (non-hydrogen) atoms. The van der Waals surface area contributed by atoms with Crippen molar-refractivity contribution in [2.45, 2.75) is 51.4 Å². The Morgan fingerprint density at radius 3 is 2.52 bits per heavy atom. The van der Waals surface area contributed by atoms with Crippen LogP contribution in [0.1, 0.15) is 50.8 Å². The number of piperazine rings is 1. The lowest BCUT2D eigenvalue weighted by Gasteiger charge is -2.35. The second-order valence-corrected chi connectivity index (χ2v) is 8.91. The van der Waals surface area contributed by atoms with Crippen LogP contribution in [0.4, 0.5) is 0 Å². The number of carbonyl (C=O) groups excluding carboxylic acids is 2. The van der Waals surface area contributed by atoms with Crippen LogP contribution in [0.15, 0.2) is 22.0 Å². The quantitative estimate of drug-likeness (QED) is 0.691. The number of carbonyl (C=O) groups is 2. The van der Waals surface area contributed by atoms with Gasteiger partial charge in [-0.1, -0.05) is 24.1 Å². The Morgan fingerprint density at radius 2 is 1.83 bits per heavy atom. The van der Waals surface area contributed by atoms with E-state index in [0.29, 0.717) is 69.5 Å². The molecule has 0 aromatic carbocycles. The van der Waals surface area contributed by atoms with Crippen LogP contribution in [0.25, 0.3) is 10.7 Å². The molecule has 8 heteroatoms. The zero-order valence-electron chi connectivity index (χ0n) is 16.7. The summed E-state index contributed by atoms with van der Waals surface area (Å²) in [5.41, 5.74) is 0. The van der Waals surface area contributed by atoms with Gasteiger partial charge in [0.2, 0.25) is 23.5 Å². The second kappa shape index (κ2) is 9.52. The summed E-state index contributed by atoms with van der Waals surface area (Å²) in [5.74, 6) is 2.17. The molecular formula is C21H28N4O3S. The molecule has 1 saturated carbocycles. The van der Waals surface area contributed by atoms with Crippen molar-refractivity contribution in [2.24, 2.45) is 5.92 Å². The molecule has 3 heterocycles. The van der Waals surface area contributed by atoms with E-state index in [1.807, 2.05) is 27.3 Å². The maximum atomic E-state index is 12.5. The van der Waals surface area contributed by atoms with E-state index in [1.165, 1.54) is 25.7 Å². The van der Waals surface area contributed by atoms with E-state index in [0.717, 1.165) is 4.88 Å². The summed E-state index contributed by atoms with van der Waals surface area (Å²) < 4.78 is 5.29. The van der Waals surface area contributed by atoms with Crippen molar-refractivity contribution in [3.63, 3.8) is 0 Å². The van der Waals surface area contributed by atoms with Gasteiger partial charge in [-0.2, -0.15) is 4.98 Å². The van der Waals surface area contributed by atoms with Gasteiger partial charge in [-0.25, -0.2) is 0 Å². The molecule has 2 amide bonds. The van der Waals surface area contributed by atoms with E-state index >= 15 is 0 Å². The number of aryl methyl sites for hydroxylation is 1. The third kappa shape index (κ3) is 5.23. The fourth-order valence-electron chi connectivity index (χ4n) is 4.21. The van der Waals surface area contributed by atoms with Gasteiger partial charge in [0.1, 0.15) is 0 Å². The molecule has 2 aromatic heterocycles. The number of hydrogen-bond acceptors (Lipinski definition) is 6. The first-order valence-electron chi connectivity index (χ1n) is 10.6. The summed E-state index contributed by atoms with van der Waals surface area (Å²) in [6, 6.07) is 3.91. The van der Waals surface area contributed by atoms with E-state index in [-0.39, 0.29) is 11.8 Å². The zero-order valence-corrected chi connectivity index (χ0v) is 17.5. The normalized spacial score (nSPS) is 17.8. The van der Waals surface area contributed by atoms with Crippen molar-refractivity contribution in [1.29, 1.82) is 0 Å². The molecule has 0 bridgehead atoms. The van der Waals surface area contributed by atoms with Gasteiger partial charge in [-0.3, -0.25) is 9.59 Å². The molecule has 0 N–H and O–H groups in total. The van der Waals surface area contributed by atoms with Crippen molar-refractivity contribution < 1.29 is 14.1 Å². The maximum absolute atomic E-state index is 12.5. The van der Waals surface area contributed by atoms with Crippen LogP contribution in [-0.4, -0.2) is 57.9 Å². The van der Waals surface area contributed by atoms with Crippen LogP contribution in [0.2, 0.25) is 0 Å². The first-order valence-corrected chi connectivity index (χ1v) is 11.5. The van der Waals surface area contributed by atoms with E-state index in [9.17, 15) is 9.59 Å². The molecular weight excluding hydrogens is 388 g/mol. The van der Waals surface area contributed by atoms with Gasteiger partial charge in [0.05, 0.1) is 4.88 Å². The van der Waals surface area contributed by atoms with Crippen molar-refractivity contribution in [3.05, 3.63) is 23.4 Å². The molecule has 0 spiro atoms. The molecule has 4 rings (SSSR count). The number of hydrogen-bond donors (Lipinski definition) is 0. The Labute approximate surface area is 175 Å². The largest absolute Gasteiger partial charge is 0.339 e. The molecule has 0 atom stereocenters. The molecule has 2 fully saturated rings. The van der Waals surface area contributed by atoms with E-state index in [2.05, 4.69) is 10.1 Å². The van der Waals surface area contributed by atoms with Crippen molar-refractivity contribution in [2.75, 3.05) is 26.2 Å². The minimum absolute atomic E-state index is 0.144. The first kappa shape index (κ1) is 20.1. The highest BCUT2D eigenvalue weighted by molar-refractivity contribution is 7.13. The number of nitrogens with zero attached hydrogens (tertiary/aromatic N) is 4. The van der Waals surface area contributed by atoms with Crippen LogP contribution in [0, 0.1) is 5.92 Å². The van der Waals surface area contributed by atoms with E-state index in [1.54, 1.807) is 11.3 Å². The maximum Gasteiger partial charge on any atom is 0.226 e. The van der Waals surface area contributed by atoms with Crippen molar-refractivity contribution in [1.82, 2.24) is 19.9 Å². The predicted molar refractivity (Wildman–Crippen MR) is 110 cm³/mol. The highest BCUT2D eigenvalue weighted by Gasteiger charge is 2.26. The minimum Gasteiger partial charge on any atom is -0.339 e. The Balaban J connectivity index is 1.16. The van der Waals surface area contributed by atoms with Crippen LogP contribution in [0.3, 0.4) is 0 Å². The Morgan fingerprint density at radius 1 is 1.10 bits per heavy atom. The number of aromatic nitrogens is 2. The number of thiophene rings is 1. The lowest BCUT2D eigenvalue weighted by Crippen LogP contribution is -2.50. The fourth-order valence-corrected chi connectivity index (χ4v) is 4.86. The summed E-state index contributed by atoms with van der Waals surface area (Å²) in [6.45, 7) is 2.59. The van der Waals surface area contributed by atoms with Crippen LogP contribution in [-0.2, 0) is 16.0 Å². The number of amides is 2. The van der Waals surface area contributed by atoms with E-state index < -0.39 is 0 Å². The molecule has 1 aliphatic heterocycles. The highest BCUT2D eigenvalue weighted by Crippen LogP contribution is 2.28. The Bertz CT molecular complexity index is 806. The third-order valence-corrected chi connectivity index (χ3v) is 6.78. The van der Waals surface area contributed by atoms with Gasteiger partial charge in [-0.05, 0) is 36.6 Å². The monoisotopic (exact) mass is 416 g/mol. The smallest absolute Gasteiger partial charge is 0.226 e. The molecule has 1 aliphatic carbocycles. The minimum atomic E-state index is 0.144. The SMILES string of the molecule is O=C(CCCc1nc(-c2cccs2)no1)N1CCN(C(=O)CC2CCCC2)CC1. The number of rotatable bonds is 7.